The molecule has 4 N–H and O–H groups in total. The van der Waals surface area contributed by atoms with E-state index in [0.29, 0.717) is 16.5 Å². The first kappa shape index (κ1) is 23.1. The molecule has 0 spiro atoms. The molecule has 8 heteroatoms. The molecule has 0 heterocycles. The predicted octanol–water partition coefficient (Wildman–Crippen LogP) is 4.26. The Kier molecular flexibility index (Phi) is 6.57. The summed E-state index contributed by atoms with van der Waals surface area (Å²) in [5, 5.41) is 1.30. The SMILES string of the molecule is COc1cc(C)c(Cl)cc1N(N)/C(C)=C(\N)S(=O)(=O)c1ccc(C(C)(C)C)cc1. The highest BCUT2D eigenvalue weighted by atomic mass is 35.5. The van der Waals surface area contributed by atoms with Crippen LogP contribution in [0.2, 0.25) is 5.02 Å². The van der Waals surface area contributed by atoms with Gasteiger partial charge in [-0.25, -0.2) is 14.3 Å². The minimum Gasteiger partial charge on any atom is -0.495 e. The zero-order chi connectivity index (χ0) is 22.1. The Hall–Kier alpha value is -2.22. The minimum absolute atomic E-state index is 0.0884. The molecule has 0 aliphatic rings. The van der Waals surface area contributed by atoms with Crippen molar-refractivity contribution in [1.82, 2.24) is 0 Å². The van der Waals surface area contributed by atoms with Gasteiger partial charge in [-0.2, -0.15) is 0 Å². The van der Waals surface area contributed by atoms with E-state index in [9.17, 15) is 8.42 Å². The monoisotopic (exact) mass is 437 g/mol. The van der Waals surface area contributed by atoms with Crippen LogP contribution in [-0.4, -0.2) is 15.5 Å². The van der Waals surface area contributed by atoms with E-state index >= 15 is 0 Å². The van der Waals surface area contributed by atoms with E-state index in [-0.39, 0.29) is 21.0 Å². The van der Waals surface area contributed by atoms with Crippen LogP contribution in [0.15, 0.2) is 52.0 Å². The molecule has 0 amide bonds. The second kappa shape index (κ2) is 8.26. The number of nitrogens with two attached hydrogens (primary N) is 2. The molecule has 29 heavy (non-hydrogen) atoms. The number of rotatable bonds is 5. The lowest BCUT2D eigenvalue weighted by molar-refractivity contribution is 0.414. The lowest BCUT2D eigenvalue weighted by atomic mass is 9.87. The number of hydrogen-bond donors (Lipinski definition) is 2. The van der Waals surface area contributed by atoms with Crippen LogP contribution < -0.4 is 21.3 Å². The van der Waals surface area contributed by atoms with E-state index in [4.69, 9.17) is 27.9 Å². The Morgan fingerprint density at radius 1 is 1.14 bits per heavy atom. The van der Waals surface area contributed by atoms with Crippen LogP contribution in [-0.2, 0) is 15.3 Å². The summed E-state index contributed by atoms with van der Waals surface area (Å²) in [5.41, 5.74) is 8.35. The maximum absolute atomic E-state index is 13.0. The van der Waals surface area contributed by atoms with Gasteiger partial charge in [0.25, 0.3) is 0 Å². The van der Waals surface area contributed by atoms with Gasteiger partial charge in [0.2, 0.25) is 9.84 Å². The summed E-state index contributed by atoms with van der Waals surface area (Å²) in [6.07, 6.45) is 0. The summed E-state index contributed by atoms with van der Waals surface area (Å²) in [6, 6.07) is 10.0. The molecule has 0 radical (unpaired) electrons. The number of hydrazine groups is 1. The maximum atomic E-state index is 13.0. The fourth-order valence-electron chi connectivity index (χ4n) is 2.75. The molecule has 0 unspecified atom stereocenters. The molecule has 2 aromatic carbocycles. The summed E-state index contributed by atoms with van der Waals surface area (Å²) in [4.78, 5) is 0.102. The quantitative estimate of drug-likeness (QED) is 0.535. The Labute approximate surface area is 178 Å². The van der Waals surface area contributed by atoms with Gasteiger partial charge in [-0.3, -0.25) is 5.01 Å². The number of aryl methyl sites for hydroxylation is 1. The van der Waals surface area contributed by atoms with Crippen LogP contribution in [0.4, 0.5) is 5.69 Å². The first-order valence-electron chi connectivity index (χ1n) is 9.01. The first-order chi connectivity index (χ1) is 13.3. The summed E-state index contributed by atoms with van der Waals surface area (Å²) >= 11 is 6.21. The maximum Gasteiger partial charge on any atom is 0.223 e. The highest BCUT2D eigenvalue weighted by Crippen LogP contribution is 2.35. The van der Waals surface area contributed by atoms with Crippen molar-refractivity contribution in [3.63, 3.8) is 0 Å². The second-order valence-corrected chi connectivity index (χ2v) is 10.2. The van der Waals surface area contributed by atoms with Crippen molar-refractivity contribution in [2.75, 3.05) is 12.1 Å². The van der Waals surface area contributed by atoms with E-state index in [1.807, 2.05) is 6.92 Å². The zero-order valence-electron chi connectivity index (χ0n) is 17.6. The van der Waals surface area contributed by atoms with Crippen molar-refractivity contribution in [3.8, 4) is 5.75 Å². The Morgan fingerprint density at radius 3 is 2.17 bits per heavy atom. The summed E-state index contributed by atoms with van der Waals surface area (Å²) in [5.74, 6) is 6.64. The zero-order valence-corrected chi connectivity index (χ0v) is 19.1. The van der Waals surface area contributed by atoms with E-state index in [1.54, 1.807) is 36.4 Å². The van der Waals surface area contributed by atoms with Gasteiger partial charge in [0.15, 0.2) is 5.03 Å². The number of benzene rings is 2. The van der Waals surface area contributed by atoms with Gasteiger partial charge in [-0.1, -0.05) is 44.5 Å². The number of anilines is 1. The molecule has 0 fully saturated rings. The van der Waals surface area contributed by atoms with Gasteiger partial charge in [-0.15, -0.1) is 0 Å². The van der Waals surface area contributed by atoms with E-state index < -0.39 is 9.84 Å². The van der Waals surface area contributed by atoms with Gasteiger partial charge in [0.1, 0.15) is 11.4 Å². The third kappa shape index (κ3) is 4.69. The van der Waals surface area contributed by atoms with E-state index in [0.717, 1.165) is 11.1 Å². The number of allylic oxidation sites excluding steroid dienone is 1. The van der Waals surface area contributed by atoms with Gasteiger partial charge in [-0.05, 0) is 54.7 Å². The van der Waals surface area contributed by atoms with Gasteiger partial charge in [0, 0.05) is 5.02 Å². The van der Waals surface area contributed by atoms with Crippen LogP contribution in [0.5, 0.6) is 5.75 Å². The number of hydrogen-bond acceptors (Lipinski definition) is 6. The van der Waals surface area contributed by atoms with Crippen LogP contribution in [0.25, 0.3) is 0 Å². The Balaban J connectivity index is 2.50. The molecule has 0 aliphatic carbocycles. The van der Waals surface area contributed by atoms with Crippen LogP contribution >= 0.6 is 11.6 Å². The number of nitrogens with zero attached hydrogens (tertiary/aromatic N) is 1. The third-order valence-corrected chi connectivity index (χ3v) is 6.93. The van der Waals surface area contributed by atoms with Crippen LogP contribution in [0, 0.1) is 6.92 Å². The van der Waals surface area contributed by atoms with Gasteiger partial charge in [0.05, 0.1) is 17.7 Å². The fraction of sp³-hybridized carbons (Fsp3) is 0.333. The number of ether oxygens (including phenoxy) is 1. The molecular weight excluding hydrogens is 410 g/mol. The normalized spacial score (nSPS) is 13.1. The Bertz CT molecular complexity index is 1040. The van der Waals surface area contributed by atoms with Crippen molar-refractivity contribution in [3.05, 3.63) is 63.3 Å². The molecule has 0 saturated carbocycles. The summed E-state index contributed by atoms with van der Waals surface area (Å²) < 4.78 is 31.4. The van der Waals surface area contributed by atoms with Crippen LogP contribution in [0.1, 0.15) is 38.8 Å². The number of halogens is 1. The molecule has 2 aromatic rings. The van der Waals surface area contributed by atoms with Crippen LogP contribution in [0.3, 0.4) is 0 Å². The fourth-order valence-corrected chi connectivity index (χ4v) is 4.14. The summed E-state index contributed by atoms with van der Waals surface area (Å²) in [6.45, 7) is 9.53. The molecule has 0 aromatic heterocycles. The molecule has 0 bridgehead atoms. The molecular formula is C21H28ClN3O3S. The average Bonchev–Trinajstić information content (AvgIpc) is 2.67. The molecule has 0 atom stereocenters. The minimum atomic E-state index is -3.93. The van der Waals surface area contributed by atoms with Gasteiger partial charge < -0.3 is 10.5 Å². The van der Waals surface area contributed by atoms with E-state index in [2.05, 4.69) is 20.8 Å². The highest BCUT2D eigenvalue weighted by Gasteiger charge is 2.25. The number of methoxy groups -OCH3 is 1. The van der Waals surface area contributed by atoms with Gasteiger partial charge >= 0.3 is 0 Å². The number of sulfone groups is 1. The predicted molar refractivity (Wildman–Crippen MR) is 119 cm³/mol. The smallest absolute Gasteiger partial charge is 0.223 e. The van der Waals surface area contributed by atoms with Crippen molar-refractivity contribution < 1.29 is 13.2 Å². The van der Waals surface area contributed by atoms with E-state index in [1.165, 1.54) is 19.0 Å². The Morgan fingerprint density at radius 2 is 1.69 bits per heavy atom. The molecule has 0 saturated heterocycles. The van der Waals surface area contributed by atoms with Crippen molar-refractivity contribution in [1.29, 1.82) is 0 Å². The topological polar surface area (TPSA) is 98.7 Å². The summed E-state index contributed by atoms with van der Waals surface area (Å²) in [7, 11) is -2.43. The lowest BCUT2D eigenvalue weighted by Gasteiger charge is -2.24. The molecule has 0 aliphatic heterocycles. The first-order valence-corrected chi connectivity index (χ1v) is 10.9. The van der Waals surface area contributed by atoms with Crippen molar-refractivity contribution >= 4 is 27.1 Å². The molecule has 158 valence electrons. The van der Waals surface area contributed by atoms with Crippen molar-refractivity contribution in [2.24, 2.45) is 11.6 Å². The largest absolute Gasteiger partial charge is 0.495 e. The average molecular weight is 438 g/mol. The lowest BCUT2D eigenvalue weighted by Crippen LogP contribution is -2.33. The third-order valence-electron chi connectivity index (χ3n) is 4.76. The van der Waals surface area contributed by atoms with Crippen molar-refractivity contribution in [2.45, 2.75) is 44.9 Å². The highest BCUT2D eigenvalue weighted by molar-refractivity contribution is 7.95. The molecule has 2 rings (SSSR count). The molecule has 6 nitrogen and oxygen atoms in total. The standard InChI is InChI=1S/C21H28ClN3O3S/c1-13-11-19(28-6)18(12-17(13)22)25(24)14(2)20(23)29(26,27)16-9-7-15(8-10-16)21(3,4)5/h7-12H,23-24H2,1-6H3/b20-14+. The second-order valence-electron chi connectivity index (χ2n) is 7.87.